The molecule has 2 rings (SSSR count). The summed E-state index contributed by atoms with van der Waals surface area (Å²) < 4.78 is 7.80. The molecule has 98 valence electrons. The highest BCUT2D eigenvalue weighted by atomic mass is 79.9. The average molecular weight is 313 g/mol. The second-order valence-electron chi connectivity index (χ2n) is 5.39. The normalized spacial score (nSPS) is 13.9. The van der Waals surface area contributed by atoms with Gasteiger partial charge >= 0.3 is 0 Å². The number of aryl methyl sites for hydroxylation is 1. The summed E-state index contributed by atoms with van der Waals surface area (Å²) in [6, 6.07) is 1.77. The lowest BCUT2D eigenvalue weighted by Crippen LogP contribution is -2.16. The fraction of sp³-hybridized carbons (Fsp3) is 0.462. The van der Waals surface area contributed by atoms with Gasteiger partial charge in [0.15, 0.2) is 5.76 Å². The molecule has 0 amide bonds. The largest absolute Gasteiger partial charge is 0.465 e. The minimum absolute atomic E-state index is 0.128. The number of hydrogen-bond acceptors (Lipinski definition) is 3. The van der Waals surface area contributed by atoms with Gasteiger partial charge in [-0.05, 0) is 22.0 Å². The number of aliphatic hydroxyl groups excluding tert-OH is 1. The Labute approximate surface area is 115 Å². The lowest BCUT2D eigenvalue weighted by atomic mass is 9.88. The molecule has 2 heterocycles. The summed E-state index contributed by atoms with van der Waals surface area (Å²) in [5.74, 6) is 0.508. The Morgan fingerprint density at radius 1 is 1.44 bits per heavy atom. The molecule has 4 nitrogen and oxygen atoms in total. The van der Waals surface area contributed by atoms with Gasteiger partial charge in [0.1, 0.15) is 6.10 Å². The van der Waals surface area contributed by atoms with E-state index in [4.69, 9.17) is 4.42 Å². The van der Waals surface area contributed by atoms with Crippen molar-refractivity contribution in [2.45, 2.75) is 32.3 Å². The zero-order valence-corrected chi connectivity index (χ0v) is 12.5. The molecule has 1 unspecified atom stereocenters. The highest BCUT2D eigenvalue weighted by Crippen LogP contribution is 2.34. The third kappa shape index (κ3) is 2.37. The van der Waals surface area contributed by atoms with Crippen LogP contribution in [0.25, 0.3) is 0 Å². The molecule has 5 heteroatoms. The predicted octanol–water partition coefficient (Wildman–Crippen LogP) is 3.15. The second-order valence-corrected chi connectivity index (χ2v) is 6.25. The Balaban J connectivity index is 2.49. The van der Waals surface area contributed by atoms with Crippen LogP contribution in [0.2, 0.25) is 0 Å². The predicted molar refractivity (Wildman–Crippen MR) is 72.4 cm³/mol. The first kappa shape index (κ1) is 13.4. The van der Waals surface area contributed by atoms with E-state index in [-0.39, 0.29) is 5.41 Å². The Bertz CT molecular complexity index is 552. The third-order valence-corrected chi connectivity index (χ3v) is 3.41. The van der Waals surface area contributed by atoms with Crippen LogP contribution in [0.3, 0.4) is 0 Å². The fourth-order valence-electron chi connectivity index (χ4n) is 1.93. The van der Waals surface area contributed by atoms with Crippen molar-refractivity contribution in [1.82, 2.24) is 9.78 Å². The van der Waals surface area contributed by atoms with Crippen molar-refractivity contribution in [3.05, 3.63) is 40.0 Å². The Hall–Kier alpha value is -1.07. The topological polar surface area (TPSA) is 51.2 Å². The molecule has 0 spiro atoms. The van der Waals surface area contributed by atoms with Crippen LogP contribution in [0.15, 0.2) is 27.4 Å². The van der Waals surface area contributed by atoms with Gasteiger partial charge in [0, 0.05) is 24.2 Å². The van der Waals surface area contributed by atoms with Gasteiger partial charge in [-0.15, -0.1) is 0 Å². The van der Waals surface area contributed by atoms with E-state index in [1.165, 1.54) is 0 Å². The standard InChI is InChI=1S/C13H17BrN2O2/c1-13(2,3)12-8(7-16(4)15-12)10(17)11-9(14)5-6-18-11/h5-7,10,17H,1-4H3. The number of hydrogen-bond donors (Lipinski definition) is 1. The van der Waals surface area contributed by atoms with Crippen molar-refractivity contribution in [2.75, 3.05) is 0 Å². The van der Waals surface area contributed by atoms with Gasteiger partial charge < -0.3 is 9.52 Å². The highest BCUT2D eigenvalue weighted by molar-refractivity contribution is 9.10. The van der Waals surface area contributed by atoms with E-state index < -0.39 is 6.10 Å². The van der Waals surface area contributed by atoms with Crippen LogP contribution >= 0.6 is 15.9 Å². The molecule has 0 radical (unpaired) electrons. The minimum atomic E-state index is -0.808. The molecule has 1 N–H and O–H groups in total. The Morgan fingerprint density at radius 3 is 2.61 bits per heavy atom. The van der Waals surface area contributed by atoms with Crippen LogP contribution in [-0.4, -0.2) is 14.9 Å². The van der Waals surface area contributed by atoms with Crippen molar-refractivity contribution in [3.63, 3.8) is 0 Å². The van der Waals surface area contributed by atoms with Crippen molar-refractivity contribution in [1.29, 1.82) is 0 Å². The molecule has 0 aliphatic heterocycles. The van der Waals surface area contributed by atoms with Crippen LogP contribution in [-0.2, 0) is 12.5 Å². The van der Waals surface area contributed by atoms with Crippen molar-refractivity contribution in [3.8, 4) is 0 Å². The Kier molecular flexibility index (Phi) is 3.38. The second kappa shape index (κ2) is 4.55. The van der Waals surface area contributed by atoms with E-state index in [0.29, 0.717) is 5.76 Å². The first-order valence-electron chi connectivity index (χ1n) is 5.75. The zero-order valence-electron chi connectivity index (χ0n) is 10.9. The first-order valence-corrected chi connectivity index (χ1v) is 6.55. The smallest absolute Gasteiger partial charge is 0.151 e. The molecule has 2 aromatic heterocycles. The van der Waals surface area contributed by atoms with E-state index in [9.17, 15) is 5.11 Å². The molecule has 0 saturated carbocycles. The van der Waals surface area contributed by atoms with E-state index in [0.717, 1.165) is 15.7 Å². The molecular weight excluding hydrogens is 296 g/mol. The summed E-state index contributed by atoms with van der Waals surface area (Å²) in [5, 5.41) is 14.9. The molecule has 0 bridgehead atoms. The molecule has 2 aromatic rings. The van der Waals surface area contributed by atoms with Crippen LogP contribution in [0.4, 0.5) is 0 Å². The minimum Gasteiger partial charge on any atom is -0.465 e. The number of rotatable bonds is 2. The molecule has 0 saturated heterocycles. The van der Waals surface area contributed by atoms with E-state index in [1.54, 1.807) is 17.0 Å². The van der Waals surface area contributed by atoms with Crippen molar-refractivity contribution >= 4 is 15.9 Å². The number of nitrogens with zero attached hydrogens (tertiary/aromatic N) is 2. The lowest BCUT2D eigenvalue weighted by molar-refractivity contribution is 0.186. The average Bonchev–Trinajstić information content (AvgIpc) is 2.82. The highest BCUT2D eigenvalue weighted by Gasteiger charge is 2.28. The number of aromatic nitrogens is 2. The SMILES string of the molecule is Cn1cc(C(O)c2occc2Br)c(C(C)(C)C)n1. The number of furan rings is 1. The van der Waals surface area contributed by atoms with Gasteiger partial charge in [-0.2, -0.15) is 5.10 Å². The Morgan fingerprint density at radius 2 is 2.11 bits per heavy atom. The summed E-state index contributed by atoms with van der Waals surface area (Å²) in [7, 11) is 1.85. The van der Waals surface area contributed by atoms with Gasteiger partial charge in [0.05, 0.1) is 16.4 Å². The molecule has 0 aliphatic rings. The quantitative estimate of drug-likeness (QED) is 0.926. The summed E-state index contributed by atoms with van der Waals surface area (Å²) in [4.78, 5) is 0. The third-order valence-electron chi connectivity index (χ3n) is 2.76. The molecular formula is C13H17BrN2O2. The van der Waals surface area contributed by atoms with E-state index in [2.05, 4.69) is 41.8 Å². The summed E-state index contributed by atoms with van der Waals surface area (Å²) in [5.41, 5.74) is 1.53. The van der Waals surface area contributed by atoms with Gasteiger partial charge in [0.25, 0.3) is 0 Å². The monoisotopic (exact) mass is 312 g/mol. The summed E-state index contributed by atoms with van der Waals surface area (Å²) in [6.07, 6.45) is 2.58. The lowest BCUT2D eigenvalue weighted by Gasteiger charge is -2.19. The van der Waals surface area contributed by atoms with Crippen molar-refractivity contribution < 1.29 is 9.52 Å². The first-order chi connectivity index (χ1) is 8.30. The van der Waals surface area contributed by atoms with Gasteiger partial charge in [-0.25, -0.2) is 0 Å². The van der Waals surface area contributed by atoms with Gasteiger partial charge in [0.2, 0.25) is 0 Å². The van der Waals surface area contributed by atoms with E-state index >= 15 is 0 Å². The number of halogens is 1. The molecule has 18 heavy (non-hydrogen) atoms. The van der Waals surface area contributed by atoms with Crippen LogP contribution in [0.5, 0.6) is 0 Å². The zero-order chi connectivity index (χ0) is 13.5. The van der Waals surface area contributed by atoms with Crippen LogP contribution < -0.4 is 0 Å². The molecule has 1 atom stereocenters. The van der Waals surface area contributed by atoms with Crippen LogP contribution in [0.1, 0.15) is 43.9 Å². The maximum Gasteiger partial charge on any atom is 0.151 e. The molecule has 0 fully saturated rings. The van der Waals surface area contributed by atoms with E-state index in [1.807, 2.05) is 13.2 Å². The van der Waals surface area contributed by atoms with Gasteiger partial charge in [-0.3, -0.25) is 4.68 Å². The van der Waals surface area contributed by atoms with Gasteiger partial charge in [-0.1, -0.05) is 20.8 Å². The molecule has 0 aromatic carbocycles. The maximum atomic E-state index is 10.4. The van der Waals surface area contributed by atoms with Crippen LogP contribution in [0, 0.1) is 0 Å². The fourth-order valence-corrected chi connectivity index (χ4v) is 2.35. The maximum absolute atomic E-state index is 10.4. The summed E-state index contributed by atoms with van der Waals surface area (Å²) in [6.45, 7) is 6.22. The van der Waals surface area contributed by atoms with Crippen molar-refractivity contribution in [2.24, 2.45) is 7.05 Å². The molecule has 0 aliphatic carbocycles. The number of aliphatic hydroxyl groups is 1. The summed E-state index contributed by atoms with van der Waals surface area (Å²) >= 11 is 3.37.